The Morgan fingerprint density at radius 2 is 1.89 bits per heavy atom. The van der Waals surface area contributed by atoms with Crippen LogP contribution < -0.4 is 5.73 Å². The van der Waals surface area contributed by atoms with E-state index in [4.69, 9.17) is 5.73 Å². The first kappa shape index (κ1) is 8.96. The number of hydrogen-bond acceptors (Lipinski definition) is 1. The van der Waals surface area contributed by atoms with Crippen molar-refractivity contribution in [3.63, 3.8) is 0 Å². The largest absolute Gasteiger partial charge is 0.327 e. The van der Waals surface area contributed by atoms with Crippen molar-refractivity contribution in [2.75, 3.05) is 0 Å². The van der Waals surface area contributed by atoms with Crippen molar-refractivity contribution >= 4 is 0 Å². The Balaban J connectivity index is 3.32. The highest BCUT2D eigenvalue weighted by atomic mass is 14.6. The first-order valence-electron chi connectivity index (χ1n) is 3.97. The second-order valence-corrected chi connectivity index (χ2v) is 2.84. The molecule has 0 aliphatic heterocycles. The molecular weight excluding hydrogens is 110 g/mol. The van der Waals surface area contributed by atoms with Gasteiger partial charge in [0.1, 0.15) is 0 Å². The molecule has 2 atom stereocenters. The molecule has 0 amide bonds. The van der Waals surface area contributed by atoms with Gasteiger partial charge in [0.25, 0.3) is 0 Å². The predicted molar refractivity (Wildman–Crippen MR) is 42.3 cm³/mol. The van der Waals surface area contributed by atoms with Crippen molar-refractivity contribution in [2.45, 2.75) is 46.1 Å². The molecule has 0 spiro atoms. The zero-order valence-electron chi connectivity index (χ0n) is 6.85. The van der Waals surface area contributed by atoms with Gasteiger partial charge in [-0.1, -0.05) is 33.6 Å². The van der Waals surface area contributed by atoms with Gasteiger partial charge in [-0.2, -0.15) is 0 Å². The summed E-state index contributed by atoms with van der Waals surface area (Å²) in [6.45, 7) is 6.60. The molecule has 0 aromatic heterocycles. The molecule has 1 heteroatoms. The molecule has 0 saturated heterocycles. The van der Waals surface area contributed by atoms with Crippen LogP contribution >= 0.6 is 0 Å². The van der Waals surface area contributed by atoms with E-state index in [0.717, 1.165) is 0 Å². The van der Waals surface area contributed by atoms with Crippen LogP contribution in [0.4, 0.5) is 0 Å². The fourth-order valence-electron chi connectivity index (χ4n) is 0.921. The number of rotatable bonds is 4. The molecule has 9 heavy (non-hydrogen) atoms. The fraction of sp³-hybridized carbons (Fsp3) is 1.00. The van der Waals surface area contributed by atoms with Gasteiger partial charge in [0.05, 0.1) is 0 Å². The van der Waals surface area contributed by atoms with Crippen LogP contribution in [-0.2, 0) is 0 Å². The first-order valence-corrected chi connectivity index (χ1v) is 3.97. The van der Waals surface area contributed by atoms with Crippen LogP contribution in [0.1, 0.15) is 40.0 Å². The third-order valence-electron chi connectivity index (χ3n) is 2.00. The van der Waals surface area contributed by atoms with E-state index in [9.17, 15) is 0 Å². The molecule has 2 N–H and O–H groups in total. The van der Waals surface area contributed by atoms with Crippen molar-refractivity contribution in [3.05, 3.63) is 0 Å². The Labute approximate surface area is 58.6 Å². The summed E-state index contributed by atoms with van der Waals surface area (Å²) in [6, 6.07) is 0.431. The van der Waals surface area contributed by atoms with Gasteiger partial charge in [0.2, 0.25) is 0 Å². The fourth-order valence-corrected chi connectivity index (χ4v) is 0.921. The van der Waals surface area contributed by atoms with Crippen molar-refractivity contribution in [1.82, 2.24) is 0 Å². The average Bonchev–Trinajstić information content (AvgIpc) is 1.87. The summed E-state index contributed by atoms with van der Waals surface area (Å²) < 4.78 is 0. The van der Waals surface area contributed by atoms with E-state index in [1.54, 1.807) is 0 Å². The molecule has 0 heterocycles. The van der Waals surface area contributed by atoms with Gasteiger partial charge in [0.15, 0.2) is 0 Å². The monoisotopic (exact) mass is 129 g/mol. The average molecular weight is 129 g/mol. The summed E-state index contributed by atoms with van der Waals surface area (Å²) in [5.41, 5.74) is 5.84. The summed E-state index contributed by atoms with van der Waals surface area (Å²) in [5.74, 6) is 0.699. The maximum absolute atomic E-state index is 5.84. The van der Waals surface area contributed by atoms with Gasteiger partial charge < -0.3 is 5.73 Å². The molecule has 0 rings (SSSR count). The lowest BCUT2D eigenvalue weighted by molar-refractivity contribution is 0.417. The highest BCUT2D eigenvalue weighted by Crippen LogP contribution is 2.09. The van der Waals surface area contributed by atoms with E-state index in [-0.39, 0.29) is 0 Å². The van der Waals surface area contributed by atoms with E-state index < -0.39 is 0 Å². The van der Waals surface area contributed by atoms with Gasteiger partial charge in [-0.25, -0.2) is 0 Å². The molecule has 1 unspecified atom stereocenters. The van der Waals surface area contributed by atoms with E-state index in [1.807, 2.05) is 0 Å². The van der Waals surface area contributed by atoms with Crippen molar-refractivity contribution < 1.29 is 0 Å². The molecule has 0 aliphatic carbocycles. The second-order valence-electron chi connectivity index (χ2n) is 2.84. The lowest BCUT2D eigenvalue weighted by Crippen LogP contribution is -2.27. The van der Waals surface area contributed by atoms with Crippen LogP contribution in [0.15, 0.2) is 0 Å². The summed E-state index contributed by atoms with van der Waals surface area (Å²) in [4.78, 5) is 0. The van der Waals surface area contributed by atoms with E-state index in [2.05, 4.69) is 20.8 Å². The summed E-state index contributed by atoms with van der Waals surface area (Å²) >= 11 is 0. The topological polar surface area (TPSA) is 26.0 Å². The molecule has 0 saturated carbocycles. The standard InChI is InChI=1S/C8H19N/c1-4-6-8(9)7(3)5-2/h7-8H,4-6,9H2,1-3H3/t7-,8?/m1/s1. The van der Waals surface area contributed by atoms with Crippen molar-refractivity contribution in [2.24, 2.45) is 11.7 Å². The molecule has 0 aliphatic rings. The molecule has 0 aromatic rings. The minimum atomic E-state index is 0.431. The minimum Gasteiger partial charge on any atom is -0.327 e. The highest BCUT2D eigenvalue weighted by Gasteiger charge is 2.07. The maximum atomic E-state index is 5.84. The SMILES string of the molecule is CCCC(N)[C@H](C)CC. The zero-order valence-corrected chi connectivity index (χ0v) is 6.85. The van der Waals surface area contributed by atoms with E-state index in [0.29, 0.717) is 12.0 Å². The van der Waals surface area contributed by atoms with E-state index >= 15 is 0 Å². The Hall–Kier alpha value is -0.0400. The summed E-state index contributed by atoms with van der Waals surface area (Å²) in [6.07, 6.45) is 3.60. The zero-order chi connectivity index (χ0) is 7.28. The second kappa shape index (κ2) is 4.80. The highest BCUT2D eigenvalue weighted by molar-refractivity contribution is 4.66. The predicted octanol–water partition coefficient (Wildman–Crippen LogP) is 2.16. The van der Waals surface area contributed by atoms with Crippen molar-refractivity contribution in [1.29, 1.82) is 0 Å². The number of nitrogens with two attached hydrogens (primary N) is 1. The summed E-state index contributed by atoms with van der Waals surface area (Å²) in [7, 11) is 0. The van der Waals surface area contributed by atoms with Gasteiger partial charge in [-0.15, -0.1) is 0 Å². The Morgan fingerprint density at radius 3 is 2.22 bits per heavy atom. The van der Waals surface area contributed by atoms with Crippen LogP contribution in [-0.4, -0.2) is 6.04 Å². The third-order valence-corrected chi connectivity index (χ3v) is 2.00. The molecule has 0 radical (unpaired) electrons. The maximum Gasteiger partial charge on any atom is 0.00643 e. The van der Waals surface area contributed by atoms with Gasteiger partial charge in [0, 0.05) is 6.04 Å². The van der Waals surface area contributed by atoms with Crippen LogP contribution in [0.2, 0.25) is 0 Å². The van der Waals surface area contributed by atoms with Crippen LogP contribution in [0, 0.1) is 5.92 Å². The minimum absolute atomic E-state index is 0.431. The Morgan fingerprint density at radius 1 is 1.33 bits per heavy atom. The number of hydrogen-bond donors (Lipinski definition) is 1. The molecular formula is C8H19N. The van der Waals surface area contributed by atoms with Gasteiger partial charge >= 0.3 is 0 Å². The lowest BCUT2D eigenvalue weighted by Gasteiger charge is -2.16. The molecule has 56 valence electrons. The third kappa shape index (κ3) is 3.52. The quantitative estimate of drug-likeness (QED) is 0.618. The van der Waals surface area contributed by atoms with Crippen LogP contribution in [0.3, 0.4) is 0 Å². The molecule has 0 aromatic carbocycles. The smallest absolute Gasteiger partial charge is 0.00643 e. The molecule has 0 fully saturated rings. The normalized spacial score (nSPS) is 17.3. The van der Waals surface area contributed by atoms with Crippen LogP contribution in [0.5, 0.6) is 0 Å². The molecule has 1 nitrogen and oxygen atoms in total. The van der Waals surface area contributed by atoms with Gasteiger partial charge in [-0.3, -0.25) is 0 Å². The lowest BCUT2D eigenvalue weighted by atomic mass is 9.96. The summed E-state index contributed by atoms with van der Waals surface area (Å²) in [5, 5.41) is 0. The first-order chi connectivity index (χ1) is 4.22. The van der Waals surface area contributed by atoms with Crippen molar-refractivity contribution in [3.8, 4) is 0 Å². The van der Waals surface area contributed by atoms with Gasteiger partial charge in [-0.05, 0) is 12.3 Å². The molecule has 0 bridgehead atoms. The Kier molecular flexibility index (Phi) is 4.78. The van der Waals surface area contributed by atoms with E-state index in [1.165, 1.54) is 19.3 Å². The Bertz CT molecular complexity index is 61.6. The van der Waals surface area contributed by atoms with Crippen LogP contribution in [0.25, 0.3) is 0 Å².